The van der Waals surface area contributed by atoms with Gasteiger partial charge in [0.1, 0.15) is 6.04 Å². The first-order chi connectivity index (χ1) is 15.0. The molecule has 0 bridgehead atoms. The summed E-state index contributed by atoms with van der Waals surface area (Å²) in [5.41, 5.74) is 8.11. The number of nitrogens with zero attached hydrogens (tertiary/aromatic N) is 4. The molecule has 4 rings (SSSR count). The van der Waals surface area contributed by atoms with Gasteiger partial charge in [-0.25, -0.2) is 4.98 Å². The molecule has 0 aliphatic heterocycles. The smallest absolute Gasteiger partial charge is 0.249 e. The number of nitrogens with one attached hydrogen (secondary N) is 1. The number of rotatable bonds is 8. The fraction of sp³-hybridized carbons (Fsp3) is 0.238. The lowest BCUT2D eigenvalue weighted by atomic mass is 10.2. The Kier molecular flexibility index (Phi) is 6.74. The Morgan fingerprint density at radius 1 is 1.26 bits per heavy atom. The van der Waals surface area contributed by atoms with E-state index in [1.54, 1.807) is 10.6 Å². The molecule has 10 heteroatoms. The summed E-state index contributed by atoms with van der Waals surface area (Å²) >= 11 is 8.97. The second-order valence-corrected chi connectivity index (χ2v) is 9.37. The molecule has 160 valence electrons. The average molecular weight is 473 g/mol. The van der Waals surface area contributed by atoms with E-state index in [4.69, 9.17) is 17.3 Å². The SMILES string of the molecule is CCC(C(=O)Nc1nc2ccc(Cl)cc2s1)n1c(N)nnc1SCCc1ccccc1. The fourth-order valence-corrected chi connectivity index (χ4v) is 5.33. The minimum atomic E-state index is -0.537. The van der Waals surface area contributed by atoms with Crippen LogP contribution in [0.15, 0.2) is 53.7 Å². The lowest BCUT2D eigenvalue weighted by molar-refractivity contribution is -0.119. The maximum Gasteiger partial charge on any atom is 0.249 e. The van der Waals surface area contributed by atoms with Gasteiger partial charge in [0, 0.05) is 10.8 Å². The molecule has 2 aromatic carbocycles. The highest BCUT2D eigenvalue weighted by molar-refractivity contribution is 7.99. The van der Waals surface area contributed by atoms with Crippen molar-refractivity contribution < 1.29 is 4.79 Å². The molecule has 0 aliphatic rings. The van der Waals surface area contributed by atoms with E-state index in [1.807, 2.05) is 37.3 Å². The van der Waals surface area contributed by atoms with E-state index in [-0.39, 0.29) is 11.9 Å². The summed E-state index contributed by atoms with van der Waals surface area (Å²) in [7, 11) is 0. The van der Waals surface area contributed by atoms with E-state index >= 15 is 0 Å². The predicted octanol–water partition coefficient (Wildman–Crippen LogP) is 5.05. The number of anilines is 2. The number of hydrogen-bond donors (Lipinski definition) is 2. The van der Waals surface area contributed by atoms with Crippen molar-refractivity contribution in [2.45, 2.75) is 31.0 Å². The fourth-order valence-electron chi connectivity index (χ4n) is 3.21. The number of halogens is 1. The highest BCUT2D eigenvalue weighted by Crippen LogP contribution is 2.30. The van der Waals surface area contributed by atoms with Crippen LogP contribution in [0.5, 0.6) is 0 Å². The number of nitrogens with two attached hydrogens (primary N) is 1. The summed E-state index contributed by atoms with van der Waals surface area (Å²) in [6, 6.07) is 15.1. The summed E-state index contributed by atoms with van der Waals surface area (Å²) < 4.78 is 2.62. The topological polar surface area (TPSA) is 98.7 Å². The molecule has 31 heavy (non-hydrogen) atoms. The maximum atomic E-state index is 13.1. The van der Waals surface area contributed by atoms with Crippen LogP contribution in [-0.2, 0) is 11.2 Å². The van der Waals surface area contributed by atoms with Crippen LogP contribution < -0.4 is 11.1 Å². The highest BCUT2D eigenvalue weighted by Gasteiger charge is 2.25. The second kappa shape index (κ2) is 9.67. The third kappa shape index (κ3) is 5.00. The van der Waals surface area contributed by atoms with Crippen LogP contribution >= 0.6 is 34.7 Å². The molecule has 0 radical (unpaired) electrons. The van der Waals surface area contributed by atoms with Gasteiger partial charge in [-0.1, -0.05) is 72.0 Å². The molecule has 0 fully saturated rings. The standard InChI is InChI=1S/C21H21ClN6OS2/c1-2-16(18(29)25-20-24-15-9-8-14(22)12-17(15)31-20)28-19(23)26-27-21(28)30-11-10-13-6-4-3-5-7-13/h3-9,12,16H,2,10-11H2,1H3,(H2,23,26)(H,24,25,29). The van der Waals surface area contributed by atoms with Gasteiger partial charge in [-0.2, -0.15) is 0 Å². The third-order valence-corrected chi connectivity index (χ3v) is 6.85. The number of aryl methyl sites for hydroxylation is 1. The van der Waals surface area contributed by atoms with Gasteiger partial charge in [-0.05, 0) is 36.6 Å². The van der Waals surface area contributed by atoms with Gasteiger partial charge in [0.25, 0.3) is 0 Å². The first-order valence-corrected chi connectivity index (χ1v) is 12.0. The van der Waals surface area contributed by atoms with Crippen LogP contribution in [0.1, 0.15) is 24.9 Å². The molecular formula is C21H21ClN6OS2. The van der Waals surface area contributed by atoms with Crippen molar-refractivity contribution in [2.75, 3.05) is 16.8 Å². The zero-order chi connectivity index (χ0) is 21.8. The minimum absolute atomic E-state index is 0.205. The van der Waals surface area contributed by atoms with Crippen molar-refractivity contribution in [2.24, 2.45) is 0 Å². The number of aromatic nitrogens is 4. The largest absolute Gasteiger partial charge is 0.368 e. The van der Waals surface area contributed by atoms with Crippen LogP contribution in [0, 0.1) is 0 Å². The maximum absolute atomic E-state index is 13.1. The van der Waals surface area contributed by atoms with E-state index in [0.29, 0.717) is 21.7 Å². The number of fused-ring (bicyclic) bond motifs is 1. The lowest BCUT2D eigenvalue weighted by Gasteiger charge is -2.18. The molecule has 0 aliphatic carbocycles. The zero-order valence-electron chi connectivity index (χ0n) is 16.8. The van der Waals surface area contributed by atoms with Crippen molar-refractivity contribution in [3.05, 3.63) is 59.1 Å². The first kappa shape index (κ1) is 21.6. The molecule has 2 aromatic heterocycles. The van der Waals surface area contributed by atoms with Gasteiger partial charge >= 0.3 is 0 Å². The Morgan fingerprint density at radius 2 is 2.06 bits per heavy atom. The molecule has 0 saturated heterocycles. The number of thioether (sulfide) groups is 1. The van der Waals surface area contributed by atoms with E-state index in [0.717, 1.165) is 22.4 Å². The zero-order valence-corrected chi connectivity index (χ0v) is 19.2. The number of nitrogen functional groups attached to an aromatic ring is 1. The molecule has 1 unspecified atom stereocenters. The Balaban J connectivity index is 1.48. The number of carbonyl (C=O) groups excluding carboxylic acids is 1. The van der Waals surface area contributed by atoms with Crippen LogP contribution in [0.25, 0.3) is 10.2 Å². The number of thiazole rings is 1. The van der Waals surface area contributed by atoms with Gasteiger partial charge in [-0.15, -0.1) is 10.2 Å². The van der Waals surface area contributed by atoms with Crippen LogP contribution in [0.2, 0.25) is 5.02 Å². The van der Waals surface area contributed by atoms with Crippen molar-refractivity contribution in [3.8, 4) is 0 Å². The third-order valence-electron chi connectivity index (χ3n) is 4.74. The lowest BCUT2D eigenvalue weighted by Crippen LogP contribution is -2.27. The minimum Gasteiger partial charge on any atom is -0.368 e. The van der Waals surface area contributed by atoms with Crippen molar-refractivity contribution in [3.63, 3.8) is 0 Å². The second-order valence-electron chi connectivity index (χ2n) is 6.84. The van der Waals surface area contributed by atoms with Gasteiger partial charge in [0.2, 0.25) is 11.9 Å². The number of benzene rings is 2. The predicted molar refractivity (Wildman–Crippen MR) is 128 cm³/mol. The quantitative estimate of drug-likeness (QED) is 0.348. The molecule has 3 N–H and O–H groups in total. The Morgan fingerprint density at radius 3 is 2.84 bits per heavy atom. The van der Waals surface area contributed by atoms with Gasteiger partial charge in [0.05, 0.1) is 10.2 Å². The summed E-state index contributed by atoms with van der Waals surface area (Å²) in [6.45, 7) is 1.93. The number of hydrogen-bond acceptors (Lipinski definition) is 7. The molecule has 4 aromatic rings. The number of carbonyl (C=O) groups is 1. The molecule has 0 spiro atoms. The molecule has 1 amide bonds. The Bertz CT molecular complexity index is 1190. The number of amides is 1. The first-order valence-electron chi connectivity index (χ1n) is 9.79. The average Bonchev–Trinajstić information content (AvgIpc) is 3.32. The van der Waals surface area contributed by atoms with E-state index in [1.165, 1.54) is 28.7 Å². The van der Waals surface area contributed by atoms with Crippen molar-refractivity contribution in [1.82, 2.24) is 19.7 Å². The molecule has 1 atom stereocenters. The molecule has 0 saturated carbocycles. The molecule has 7 nitrogen and oxygen atoms in total. The molecule has 2 heterocycles. The highest BCUT2D eigenvalue weighted by atomic mass is 35.5. The summed E-state index contributed by atoms with van der Waals surface area (Å²) in [4.78, 5) is 17.5. The van der Waals surface area contributed by atoms with E-state index in [2.05, 4.69) is 32.6 Å². The van der Waals surface area contributed by atoms with Crippen molar-refractivity contribution >= 4 is 61.9 Å². The van der Waals surface area contributed by atoms with Crippen molar-refractivity contribution in [1.29, 1.82) is 0 Å². The van der Waals surface area contributed by atoms with E-state index < -0.39 is 6.04 Å². The van der Waals surface area contributed by atoms with E-state index in [9.17, 15) is 4.79 Å². The monoisotopic (exact) mass is 472 g/mol. The summed E-state index contributed by atoms with van der Waals surface area (Å²) in [6.07, 6.45) is 1.42. The van der Waals surface area contributed by atoms with Gasteiger partial charge < -0.3 is 11.1 Å². The van der Waals surface area contributed by atoms with Crippen LogP contribution in [0.4, 0.5) is 11.1 Å². The Labute approximate surface area is 193 Å². The van der Waals surface area contributed by atoms with Gasteiger partial charge in [-0.3, -0.25) is 9.36 Å². The summed E-state index contributed by atoms with van der Waals surface area (Å²) in [5, 5.41) is 12.9. The Hall–Kier alpha value is -2.62. The molecular weight excluding hydrogens is 452 g/mol. The van der Waals surface area contributed by atoms with Gasteiger partial charge in [0.15, 0.2) is 10.3 Å². The summed E-state index contributed by atoms with van der Waals surface area (Å²) in [5.74, 6) is 0.822. The normalized spacial score (nSPS) is 12.2. The van der Waals surface area contributed by atoms with Crippen LogP contribution in [-0.4, -0.2) is 31.4 Å². The van der Waals surface area contributed by atoms with Crippen LogP contribution in [0.3, 0.4) is 0 Å².